The fourth-order valence-corrected chi connectivity index (χ4v) is 3.78. The van der Waals surface area contributed by atoms with Gasteiger partial charge in [-0.05, 0) is 75.2 Å². The predicted octanol–water partition coefficient (Wildman–Crippen LogP) is 6.23. The van der Waals surface area contributed by atoms with E-state index < -0.39 is 5.91 Å². The second-order valence-corrected chi connectivity index (χ2v) is 8.82. The van der Waals surface area contributed by atoms with Crippen LogP contribution in [0.15, 0.2) is 60.2 Å². The molecule has 0 aliphatic carbocycles. The van der Waals surface area contributed by atoms with Crippen molar-refractivity contribution in [3.63, 3.8) is 0 Å². The van der Waals surface area contributed by atoms with Crippen LogP contribution in [0.25, 0.3) is 6.08 Å². The summed E-state index contributed by atoms with van der Waals surface area (Å²) in [6, 6.07) is 18.1. The first kappa shape index (κ1) is 27.3. The first-order valence-electron chi connectivity index (χ1n) is 11.7. The number of hydrogen-bond donors (Lipinski definition) is 2. The lowest BCUT2D eigenvalue weighted by Gasteiger charge is -2.15. The summed E-state index contributed by atoms with van der Waals surface area (Å²) in [5.41, 5.74) is 4.68. The highest BCUT2D eigenvalue weighted by molar-refractivity contribution is 6.32. The average molecular weight is 518 g/mol. The summed E-state index contributed by atoms with van der Waals surface area (Å²) in [4.78, 5) is 25.1. The molecule has 37 heavy (non-hydrogen) atoms. The van der Waals surface area contributed by atoms with E-state index in [1.165, 1.54) is 6.08 Å². The highest BCUT2D eigenvalue weighted by Gasteiger charge is 2.16. The van der Waals surface area contributed by atoms with E-state index in [1.807, 2.05) is 51.1 Å². The van der Waals surface area contributed by atoms with Gasteiger partial charge in [0.05, 0.1) is 11.6 Å². The van der Waals surface area contributed by atoms with E-state index in [2.05, 4.69) is 10.6 Å². The first-order chi connectivity index (χ1) is 17.7. The number of amides is 2. The van der Waals surface area contributed by atoms with Crippen LogP contribution >= 0.6 is 11.6 Å². The van der Waals surface area contributed by atoms with E-state index in [0.717, 1.165) is 16.7 Å². The minimum Gasteiger partial charge on any atom is -0.490 e. The van der Waals surface area contributed by atoms with Gasteiger partial charge in [-0.1, -0.05) is 47.0 Å². The number of nitriles is 1. The number of anilines is 2. The zero-order valence-corrected chi connectivity index (χ0v) is 21.9. The van der Waals surface area contributed by atoms with E-state index in [-0.39, 0.29) is 34.6 Å². The molecular formula is C29H28ClN3O4. The van der Waals surface area contributed by atoms with Crippen LogP contribution in [0.2, 0.25) is 5.02 Å². The van der Waals surface area contributed by atoms with Gasteiger partial charge in [-0.3, -0.25) is 9.59 Å². The molecule has 0 aliphatic heterocycles. The Kier molecular flexibility index (Phi) is 9.31. The van der Waals surface area contributed by atoms with E-state index in [0.29, 0.717) is 23.5 Å². The molecule has 0 spiro atoms. The van der Waals surface area contributed by atoms with Gasteiger partial charge in [0.15, 0.2) is 18.1 Å². The number of rotatable bonds is 9. The van der Waals surface area contributed by atoms with Crippen molar-refractivity contribution < 1.29 is 19.1 Å². The molecule has 2 N–H and O–H groups in total. The molecule has 0 atom stereocenters. The lowest BCUT2D eigenvalue weighted by Crippen LogP contribution is -2.20. The number of benzene rings is 3. The minimum absolute atomic E-state index is 0.107. The van der Waals surface area contributed by atoms with Crippen LogP contribution in [0.4, 0.5) is 11.4 Å². The Bertz CT molecular complexity index is 1380. The zero-order chi connectivity index (χ0) is 26.9. The van der Waals surface area contributed by atoms with Gasteiger partial charge in [-0.25, -0.2) is 0 Å². The molecule has 0 radical (unpaired) electrons. The number of hydrogen-bond acceptors (Lipinski definition) is 5. The van der Waals surface area contributed by atoms with Gasteiger partial charge < -0.3 is 20.1 Å². The largest absolute Gasteiger partial charge is 0.490 e. The SMILES string of the molecule is CCOc1cc(/C=C(\C#N)C(=O)Nc2ccc(C)cc2C)cc(Cl)c1OCC(=O)Nc1ccc(C)cc1. The lowest BCUT2D eigenvalue weighted by molar-refractivity contribution is -0.118. The second kappa shape index (κ2) is 12.6. The van der Waals surface area contributed by atoms with Crippen molar-refractivity contribution in [2.24, 2.45) is 0 Å². The molecule has 0 fully saturated rings. The van der Waals surface area contributed by atoms with Crippen LogP contribution < -0.4 is 20.1 Å². The molecule has 0 unspecified atom stereocenters. The molecule has 3 aromatic carbocycles. The molecule has 0 aromatic heterocycles. The fourth-order valence-electron chi connectivity index (χ4n) is 3.50. The van der Waals surface area contributed by atoms with Crippen molar-refractivity contribution >= 4 is 40.9 Å². The maximum atomic E-state index is 12.8. The Morgan fingerprint density at radius 3 is 2.32 bits per heavy atom. The summed E-state index contributed by atoms with van der Waals surface area (Å²) in [5, 5.41) is 15.3. The molecule has 8 heteroatoms. The summed E-state index contributed by atoms with van der Waals surface area (Å²) < 4.78 is 11.3. The van der Waals surface area contributed by atoms with E-state index >= 15 is 0 Å². The van der Waals surface area contributed by atoms with E-state index in [4.69, 9.17) is 21.1 Å². The fraction of sp³-hybridized carbons (Fsp3) is 0.207. The van der Waals surface area contributed by atoms with Crippen molar-refractivity contribution in [2.45, 2.75) is 27.7 Å². The van der Waals surface area contributed by atoms with Gasteiger partial charge >= 0.3 is 0 Å². The number of carbonyl (C=O) groups excluding carboxylic acids is 2. The molecule has 3 aromatic rings. The third-order valence-electron chi connectivity index (χ3n) is 5.32. The Labute approximate surface area is 221 Å². The quantitative estimate of drug-likeness (QED) is 0.259. The van der Waals surface area contributed by atoms with Gasteiger partial charge in [0.25, 0.3) is 11.8 Å². The van der Waals surface area contributed by atoms with Gasteiger partial charge in [0.2, 0.25) is 0 Å². The van der Waals surface area contributed by atoms with Gasteiger partial charge in [-0.2, -0.15) is 5.26 Å². The van der Waals surface area contributed by atoms with Crippen molar-refractivity contribution in [1.82, 2.24) is 0 Å². The summed E-state index contributed by atoms with van der Waals surface area (Å²) in [5.74, 6) is -0.424. The number of nitrogens with zero attached hydrogens (tertiary/aromatic N) is 1. The van der Waals surface area contributed by atoms with Crippen LogP contribution in [0.1, 0.15) is 29.2 Å². The molecular weight excluding hydrogens is 490 g/mol. The Morgan fingerprint density at radius 1 is 0.973 bits per heavy atom. The average Bonchev–Trinajstić information content (AvgIpc) is 2.85. The standard InChI is InChI=1S/C29H28ClN3O4/c1-5-36-26-15-21(13-22(16-31)29(35)33-25-11-8-19(3)12-20(25)4)14-24(30)28(26)37-17-27(34)32-23-9-6-18(2)7-10-23/h6-15H,5,17H2,1-4H3,(H,32,34)(H,33,35)/b22-13+. The number of ether oxygens (including phenoxy) is 2. The lowest BCUT2D eigenvalue weighted by atomic mass is 10.1. The van der Waals surface area contributed by atoms with Crippen LogP contribution in [-0.4, -0.2) is 25.0 Å². The molecule has 0 saturated carbocycles. The summed E-state index contributed by atoms with van der Waals surface area (Å²) in [7, 11) is 0. The van der Waals surface area contributed by atoms with E-state index in [9.17, 15) is 14.9 Å². The van der Waals surface area contributed by atoms with Crippen LogP contribution in [-0.2, 0) is 9.59 Å². The van der Waals surface area contributed by atoms with Gasteiger partial charge in [0.1, 0.15) is 11.6 Å². The van der Waals surface area contributed by atoms with Crippen LogP contribution in [0.3, 0.4) is 0 Å². The zero-order valence-electron chi connectivity index (χ0n) is 21.1. The Hall–Kier alpha value is -4.28. The molecule has 0 aliphatic rings. The van der Waals surface area contributed by atoms with Crippen molar-refractivity contribution in [3.8, 4) is 17.6 Å². The highest BCUT2D eigenvalue weighted by atomic mass is 35.5. The van der Waals surface area contributed by atoms with Crippen molar-refractivity contribution in [3.05, 3.63) is 87.4 Å². The second-order valence-electron chi connectivity index (χ2n) is 8.41. The van der Waals surface area contributed by atoms with Crippen molar-refractivity contribution in [2.75, 3.05) is 23.8 Å². The highest BCUT2D eigenvalue weighted by Crippen LogP contribution is 2.37. The predicted molar refractivity (Wildman–Crippen MR) is 146 cm³/mol. The van der Waals surface area contributed by atoms with Crippen LogP contribution in [0.5, 0.6) is 11.5 Å². The number of aryl methyl sites for hydroxylation is 3. The van der Waals surface area contributed by atoms with E-state index in [1.54, 1.807) is 37.3 Å². The minimum atomic E-state index is -0.545. The number of halogens is 1. The Morgan fingerprint density at radius 2 is 1.68 bits per heavy atom. The smallest absolute Gasteiger partial charge is 0.266 e. The summed E-state index contributed by atoms with van der Waals surface area (Å²) in [6.45, 7) is 7.62. The molecule has 0 saturated heterocycles. The maximum absolute atomic E-state index is 12.8. The molecule has 2 amide bonds. The monoisotopic (exact) mass is 517 g/mol. The third kappa shape index (κ3) is 7.60. The van der Waals surface area contributed by atoms with Gasteiger partial charge in [-0.15, -0.1) is 0 Å². The Balaban J connectivity index is 1.77. The third-order valence-corrected chi connectivity index (χ3v) is 5.60. The molecule has 0 heterocycles. The van der Waals surface area contributed by atoms with Crippen LogP contribution in [0, 0.1) is 32.1 Å². The summed E-state index contributed by atoms with van der Waals surface area (Å²) in [6.07, 6.45) is 1.42. The number of nitrogens with one attached hydrogen (secondary N) is 2. The summed E-state index contributed by atoms with van der Waals surface area (Å²) >= 11 is 6.45. The molecule has 0 bridgehead atoms. The molecule has 3 rings (SSSR count). The molecule has 7 nitrogen and oxygen atoms in total. The topological polar surface area (TPSA) is 100 Å². The normalized spacial score (nSPS) is 10.9. The first-order valence-corrected chi connectivity index (χ1v) is 12.0. The van der Waals surface area contributed by atoms with Crippen molar-refractivity contribution in [1.29, 1.82) is 5.26 Å². The molecule has 190 valence electrons. The van der Waals surface area contributed by atoms with Gasteiger partial charge in [0, 0.05) is 11.4 Å². The maximum Gasteiger partial charge on any atom is 0.266 e. The number of carbonyl (C=O) groups is 2.